The number of hydrogen-bond donors (Lipinski definition) is 1. The van der Waals surface area contributed by atoms with Crippen LogP contribution in [0.1, 0.15) is 6.42 Å². The summed E-state index contributed by atoms with van der Waals surface area (Å²) in [6, 6.07) is 8.89. The van der Waals surface area contributed by atoms with E-state index in [0.717, 1.165) is 11.1 Å². The van der Waals surface area contributed by atoms with Crippen molar-refractivity contribution in [3.8, 4) is 5.82 Å². The van der Waals surface area contributed by atoms with Crippen molar-refractivity contribution < 1.29 is 12.8 Å². The number of nitrogens with one attached hydrogen (secondary N) is 1. The second-order valence-corrected chi connectivity index (χ2v) is 9.12. The number of anilines is 2. The Morgan fingerprint density at radius 2 is 2.06 bits per heavy atom. The molecule has 9 nitrogen and oxygen atoms in total. The van der Waals surface area contributed by atoms with Gasteiger partial charge in [0.2, 0.25) is 0 Å². The van der Waals surface area contributed by atoms with Gasteiger partial charge in [-0.2, -0.15) is 10.2 Å². The zero-order chi connectivity index (χ0) is 21.6. The van der Waals surface area contributed by atoms with Crippen LogP contribution in [0.2, 0.25) is 0 Å². The predicted octanol–water partition coefficient (Wildman–Crippen LogP) is 2.50. The molecule has 0 spiro atoms. The van der Waals surface area contributed by atoms with Gasteiger partial charge in [0.1, 0.15) is 11.1 Å². The van der Waals surface area contributed by atoms with Gasteiger partial charge in [-0.1, -0.05) is 12.1 Å². The lowest BCUT2D eigenvalue weighted by Crippen LogP contribution is -2.20. The van der Waals surface area contributed by atoms with Crippen LogP contribution in [0.15, 0.2) is 60.0 Å². The fourth-order valence-corrected chi connectivity index (χ4v) is 4.77. The van der Waals surface area contributed by atoms with Crippen LogP contribution >= 0.6 is 0 Å². The first kappa shape index (κ1) is 19.5. The van der Waals surface area contributed by atoms with Crippen molar-refractivity contribution in [1.29, 1.82) is 0 Å². The first-order valence-electron chi connectivity index (χ1n) is 9.74. The number of para-hydroxylation sites is 1. The zero-order valence-corrected chi connectivity index (χ0v) is 17.5. The predicted molar refractivity (Wildman–Crippen MR) is 115 cm³/mol. The third kappa shape index (κ3) is 3.61. The van der Waals surface area contributed by atoms with Crippen LogP contribution in [-0.2, 0) is 17.1 Å². The molecule has 1 saturated heterocycles. The maximum atomic E-state index is 13.5. The number of nitrogens with zero attached hydrogens (tertiary/aromatic N) is 6. The smallest absolute Gasteiger partial charge is 0.265 e. The average Bonchev–Trinajstić information content (AvgIpc) is 3.49. The molecule has 4 aromatic rings. The van der Waals surface area contributed by atoms with E-state index in [4.69, 9.17) is 0 Å². The van der Waals surface area contributed by atoms with Crippen LogP contribution in [0.25, 0.3) is 16.7 Å². The number of hydrogen-bond acceptors (Lipinski definition) is 6. The fourth-order valence-electron chi connectivity index (χ4n) is 3.77. The largest absolute Gasteiger partial charge is 0.368 e. The number of aromatic nitrogens is 5. The Morgan fingerprint density at radius 3 is 2.87 bits per heavy atom. The van der Waals surface area contributed by atoms with Gasteiger partial charge in [-0.3, -0.25) is 9.40 Å². The summed E-state index contributed by atoms with van der Waals surface area (Å²) in [5.74, 6) is 0.454. The van der Waals surface area contributed by atoms with Crippen LogP contribution < -0.4 is 9.62 Å². The topological polar surface area (TPSA) is 97.9 Å². The van der Waals surface area contributed by atoms with Crippen molar-refractivity contribution in [2.75, 3.05) is 22.7 Å². The normalized spacial score (nSPS) is 16.8. The molecule has 0 bridgehead atoms. The molecule has 0 radical (unpaired) electrons. The number of pyridine rings is 1. The second-order valence-electron chi connectivity index (χ2n) is 7.44. The van der Waals surface area contributed by atoms with Crippen LogP contribution in [0.3, 0.4) is 0 Å². The molecule has 1 aromatic carbocycles. The van der Waals surface area contributed by atoms with E-state index >= 15 is 0 Å². The first-order chi connectivity index (χ1) is 14.9. The fraction of sp³-hybridized carbons (Fsp3) is 0.250. The molecule has 1 aliphatic rings. The van der Waals surface area contributed by atoms with Gasteiger partial charge in [0.05, 0.1) is 29.8 Å². The minimum atomic E-state index is -3.88. The molecule has 11 heteroatoms. The van der Waals surface area contributed by atoms with Gasteiger partial charge in [0.25, 0.3) is 10.0 Å². The highest BCUT2D eigenvalue weighted by molar-refractivity contribution is 7.92. The summed E-state index contributed by atoms with van der Waals surface area (Å²) in [6.45, 7) is 0.971. The Kier molecular flexibility index (Phi) is 4.62. The number of aryl methyl sites for hydroxylation is 1. The molecule has 0 aliphatic carbocycles. The van der Waals surface area contributed by atoms with Gasteiger partial charge in [0, 0.05) is 43.5 Å². The third-order valence-electron chi connectivity index (χ3n) is 5.33. The molecule has 5 rings (SSSR count). The molecule has 0 unspecified atom stereocenters. The maximum absolute atomic E-state index is 13.5. The Labute approximate surface area is 178 Å². The maximum Gasteiger partial charge on any atom is 0.265 e. The number of fused-ring (bicyclic) bond motifs is 1. The summed E-state index contributed by atoms with van der Waals surface area (Å²) >= 11 is 0. The molecule has 0 amide bonds. The van der Waals surface area contributed by atoms with E-state index in [2.05, 4.69) is 19.9 Å². The van der Waals surface area contributed by atoms with Crippen molar-refractivity contribution in [3.63, 3.8) is 0 Å². The van der Waals surface area contributed by atoms with Gasteiger partial charge in [-0.05, 0) is 18.6 Å². The van der Waals surface area contributed by atoms with Crippen molar-refractivity contribution in [2.24, 2.45) is 7.05 Å². The third-order valence-corrected chi connectivity index (χ3v) is 6.65. The summed E-state index contributed by atoms with van der Waals surface area (Å²) in [5.41, 5.74) is 1.94. The Hall–Kier alpha value is -3.47. The van der Waals surface area contributed by atoms with Gasteiger partial charge >= 0.3 is 0 Å². The molecule has 160 valence electrons. The number of benzene rings is 1. The molecule has 1 aliphatic heterocycles. The van der Waals surface area contributed by atoms with Gasteiger partial charge < -0.3 is 4.90 Å². The molecule has 1 N–H and O–H groups in total. The minimum absolute atomic E-state index is 0.00358. The molecule has 3 aromatic heterocycles. The van der Waals surface area contributed by atoms with Crippen molar-refractivity contribution in [1.82, 2.24) is 24.5 Å². The summed E-state index contributed by atoms with van der Waals surface area (Å²) in [7, 11) is -2.13. The number of alkyl halides is 1. The van der Waals surface area contributed by atoms with Crippen molar-refractivity contribution >= 4 is 32.3 Å². The molecule has 0 saturated carbocycles. The van der Waals surface area contributed by atoms with Crippen molar-refractivity contribution in [2.45, 2.75) is 17.5 Å². The highest BCUT2D eigenvalue weighted by atomic mass is 32.2. The SMILES string of the molecule is Cn1ncc2cccc(NS(=O)(=O)c3cnn(-c4cc(N5CC[C@@H](F)C5)ccn4)c3)c21. The highest BCUT2D eigenvalue weighted by Crippen LogP contribution is 2.26. The lowest BCUT2D eigenvalue weighted by molar-refractivity contribution is 0.364. The lowest BCUT2D eigenvalue weighted by atomic mass is 10.2. The minimum Gasteiger partial charge on any atom is -0.368 e. The Morgan fingerprint density at radius 1 is 1.19 bits per heavy atom. The van der Waals surface area contributed by atoms with E-state index < -0.39 is 16.2 Å². The Bertz CT molecular complexity index is 1360. The highest BCUT2D eigenvalue weighted by Gasteiger charge is 2.23. The summed E-state index contributed by atoms with van der Waals surface area (Å²) in [6.07, 6.45) is 5.61. The summed E-state index contributed by atoms with van der Waals surface area (Å²) in [4.78, 5) is 6.22. The average molecular weight is 441 g/mol. The molecule has 1 fully saturated rings. The van der Waals surface area contributed by atoms with E-state index in [1.807, 2.05) is 11.0 Å². The van der Waals surface area contributed by atoms with Crippen LogP contribution in [-0.4, -0.2) is 52.2 Å². The number of rotatable bonds is 5. The van der Waals surface area contributed by atoms with Crippen LogP contribution in [0.5, 0.6) is 0 Å². The number of halogens is 1. The van der Waals surface area contributed by atoms with Gasteiger partial charge in [-0.25, -0.2) is 22.5 Å². The molecular weight excluding hydrogens is 421 g/mol. The standard InChI is InChI=1S/C20H20FN7O2S/c1-26-20-14(10-23-26)3-2-4-18(20)25-31(29,30)17-11-24-28(13-17)19-9-16(5-7-22-19)27-8-6-15(21)12-27/h2-5,7,9-11,13,15,25H,6,8,12H2,1H3/t15-/m1/s1. The number of sulfonamides is 1. The van der Waals surface area contributed by atoms with E-state index in [1.54, 1.807) is 48.4 Å². The Balaban J connectivity index is 1.43. The van der Waals surface area contributed by atoms with E-state index in [0.29, 0.717) is 36.5 Å². The van der Waals surface area contributed by atoms with E-state index in [1.165, 1.54) is 17.1 Å². The quantitative estimate of drug-likeness (QED) is 0.511. The summed E-state index contributed by atoms with van der Waals surface area (Å²) in [5, 5.41) is 9.18. The van der Waals surface area contributed by atoms with E-state index in [-0.39, 0.29) is 4.90 Å². The molecule has 4 heterocycles. The molecule has 1 atom stereocenters. The summed E-state index contributed by atoms with van der Waals surface area (Å²) < 4.78 is 45.1. The van der Waals surface area contributed by atoms with Gasteiger partial charge in [-0.15, -0.1) is 0 Å². The molecular formula is C20H20FN7O2S. The molecule has 31 heavy (non-hydrogen) atoms. The van der Waals surface area contributed by atoms with Crippen molar-refractivity contribution in [3.05, 3.63) is 55.1 Å². The first-order valence-corrected chi connectivity index (χ1v) is 11.2. The lowest BCUT2D eigenvalue weighted by Gasteiger charge is -2.17. The van der Waals surface area contributed by atoms with E-state index in [9.17, 15) is 12.8 Å². The van der Waals surface area contributed by atoms with Crippen LogP contribution in [0, 0.1) is 0 Å². The van der Waals surface area contributed by atoms with Gasteiger partial charge in [0.15, 0.2) is 5.82 Å². The van der Waals surface area contributed by atoms with Crippen LogP contribution in [0.4, 0.5) is 15.8 Å². The monoisotopic (exact) mass is 441 g/mol. The second kappa shape index (κ2) is 7.34. The zero-order valence-electron chi connectivity index (χ0n) is 16.7.